The van der Waals surface area contributed by atoms with Crippen molar-refractivity contribution in [1.29, 1.82) is 0 Å². The number of methoxy groups -OCH3 is 1. The van der Waals surface area contributed by atoms with Crippen LogP contribution in [0.25, 0.3) is 0 Å². The second kappa shape index (κ2) is 5.35. The summed E-state index contributed by atoms with van der Waals surface area (Å²) < 4.78 is 5.30. The highest BCUT2D eigenvalue weighted by Gasteiger charge is 2.14. The Bertz CT molecular complexity index is 341. The monoisotopic (exact) mass is 219 g/mol. The van der Waals surface area contributed by atoms with Crippen LogP contribution >= 0.6 is 0 Å². The molecule has 0 aromatic heterocycles. The molecular weight excluding hydrogens is 198 g/mol. The van der Waals surface area contributed by atoms with Crippen LogP contribution in [0.5, 0.6) is 5.75 Å². The SMILES string of the molecule is COc1ccc(C2CCCNCC2)cc1C. The van der Waals surface area contributed by atoms with Gasteiger partial charge in [0.25, 0.3) is 0 Å². The molecular formula is C14H21NO. The van der Waals surface area contributed by atoms with Crippen LogP contribution in [0.3, 0.4) is 0 Å². The summed E-state index contributed by atoms with van der Waals surface area (Å²) in [5, 5.41) is 3.46. The predicted molar refractivity (Wildman–Crippen MR) is 67.2 cm³/mol. The Kier molecular flexibility index (Phi) is 3.83. The zero-order chi connectivity index (χ0) is 11.4. The smallest absolute Gasteiger partial charge is 0.121 e. The number of nitrogens with one attached hydrogen (secondary N) is 1. The van der Waals surface area contributed by atoms with E-state index in [1.54, 1.807) is 7.11 Å². The van der Waals surface area contributed by atoms with Crippen molar-refractivity contribution >= 4 is 0 Å². The van der Waals surface area contributed by atoms with Gasteiger partial charge in [0.1, 0.15) is 5.75 Å². The van der Waals surface area contributed by atoms with Crippen LogP contribution in [0.15, 0.2) is 18.2 Å². The Morgan fingerprint density at radius 1 is 1.25 bits per heavy atom. The van der Waals surface area contributed by atoms with Crippen molar-refractivity contribution in [2.75, 3.05) is 20.2 Å². The third-order valence-corrected chi connectivity index (χ3v) is 3.47. The summed E-state index contributed by atoms with van der Waals surface area (Å²) in [5.41, 5.74) is 2.72. The van der Waals surface area contributed by atoms with Crippen LogP contribution < -0.4 is 10.1 Å². The van der Waals surface area contributed by atoms with Gasteiger partial charge < -0.3 is 10.1 Å². The number of aryl methyl sites for hydroxylation is 1. The first-order chi connectivity index (χ1) is 7.81. The topological polar surface area (TPSA) is 21.3 Å². The lowest BCUT2D eigenvalue weighted by molar-refractivity contribution is 0.411. The highest BCUT2D eigenvalue weighted by Crippen LogP contribution is 2.29. The summed E-state index contributed by atoms with van der Waals surface area (Å²) in [6, 6.07) is 6.61. The highest BCUT2D eigenvalue weighted by atomic mass is 16.5. The lowest BCUT2D eigenvalue weighted by Gasteiger charge is -2.16. The van der Waals surface area contributed by atoms with Gasteiger partial charge in [-0.3, -0.25) is 0 Å². The number of benzene rings is 1. The van der Waals surface area contributed by atoms with Crippen molar-refractivity contribution in [3.05, 3.63) is 29.3 Å². The van der Waals surface area contributed by atoms with E-state index in [1.807, 2.05) is 0 Å². The maximum Gasteiger partial charge on any atom is 0.121 e. The second-order valence-corrected chi connectivity index (χ2v) is 4.61. The normalized spacial score (nSPS) is 21.5. The first kappa shape index (κ1) is 11.5. The van der Waals surface area contributed by atoms with Crippen LogP contribution in [0.4, 0.5) is 0 Å². The summed E-state index contributed by atoms with van der Waals surface area (Å²) in [7, 11) is 1.73. The van der Waals surface area contributed by atoms with Crippen molar-refractivity contribution in [1.82, 2.24) is 5.32 Å². The first-order valence-electron chi connectivity index (χ1n) is 6.16. The zero-order valence-electron chi connectivity index (χ0n) is 10.3. The molecule has 1 fully saturated rings. The van der Waals surface area contributed by atoms with E-state index in [2.05, 4.69) is 30.4 Å². The van der Waals surface area contributed by atoms with Gasteiger partial charge in [-0.25, -0.2) is 0 Å². The molecule has 1 aliphatic rings. The molecule has 0 amide bonds. The average Bonchev–Trinajstić information content (AvgIpc) is 2.57. The van der Waals surface area contributed by atoms with Crippen LogP contribution in [0.1, 0.15) is 36.3 Å². The molecule has 0 bridgehead atoms. The predicted octanol–water partition coefficient (Wildman–Crippen LogP) is 2.86. The minimum atomic E-state index is 0.722. The van der Waals surface area contributed by atoms with E-state index in [1.165, 1.54) is 36.9 Å². The lowest BCUT2D eigenvalue weighted by Crippen LogP contribution is -2.13. The molecule has 1 saturated heterocycles. The summed E-state index contributed by atoms with van der Waals surface area (Å²) in [6.45, 7) is 4.44. The van der Waals surface area contributed by atoms with Crippen molar-refractivity contribution in [2.45, 2.75) is 32.1 Å². The van der Waals surface area contributed by atoms with E-state index in [0.717, 1.165) is 18.2 Å². The fourth-order valence-electron chi connectivity index (χ4n) is 2.51. The van der Waals surface area contributed by atoms with E-state index in [9.17, 15) is 0 Å². The Morgan fingerprint density at radius 2 is 2.12 bits per heavy atom. The zero-order valence-corrected chi connectivity index (χ0v) is 10.3. The summed E-state index contributed by atoms with van der Waals surface area (Å²) >= 11 is 0. The number of hydrogen-bond donors (Lipinski definition) is 1. The quantitative estimate of drug-likeness (QED) is 0.826. The van der Waals surface area contributed by atoms with Crippen molar-refractivity contribution < 1.29 is 4.74 Å². The van der Waals surface area contributed by atoms with Gasteiger partial charge in [-0.15, -0.1) is 0 Å². The molecule has 2 nitrogen and oxygen atoms in total. The molecule has 16 heavy (non-hydrogen) atoms. The minimum Gasteiger partial charge on any atom is -0.496 e. The van der Waals surface area contributed by atoms with Crippen LogP contribution in [-0.4, -0.2) is 20.2 Å². The number of hydrogen-bond acceptors (Lipinski definition) is 2. The molecule has 1 atom stereocenters. The molecule has 1 N–H and O–H groups in total. The van der Waals surface area contributed by atoms with Gasteiger partial charge in [0.2, 0.25) is 0 Å². The molecule has 0 saturated carbocycles. The summed E-state index contributed by atoms with van der Waals surface area (Å²) in [4.78, 5) is 0. The largest absolute Gasteiger partial charge is 0.496 e. The van der Waals surface area contributed by atoms with Gasteiger partial charge in [-0.2, -0.15) is 0 Å². The van der Waals surface area contributed by atoms with E-state index in [-0.39, 0.29) is 0 Å². The molecule has 0 radical (unpaired) electrons. The molecule has 2 rings (SSSR count). The molecule has 0 spiro atoms. The van der Waals surface area contributed by atoms with Crippen molar-refractivity contribution in [3.63, 3.8) is 0 Å². The van der Waals surface area contributed by atoms with E-state index in [0.29, 0.717) is 0 Å². The standard InChI is InChI=1S/C14H21NO/c1-11-10-13(5-6-14(11)16-2)12-4-3-8-15-9-7-12/h5-6,10,12,15H,3-4,7-9H2,1-2H3. The van der Waals surface area contributed by atoms with Gasteiger partial charge in [-0.05, 0) is 62.4 Å². The highest BCUT2D eigenvalue weighted by molar-refractivity contribution is 5.37. The Labute approximate surface area is 98.0 Å². The van der Waals surface area contributed by atoms with Gasteiger partial charge in [-0.1, -0.05) is 12.1 Å². The molecule has 0 aliphatic carbocycles. The second-order valence-electron chi connectivity index (χ2n) is 4.61. The summed E-state index contributed by atoms with van der Waals surface area (Å²) in [6.07, 6.45) is 3.85. The van der Waals surface area contributed by atoms with Gasteiger partial charge in [0.05, 0.1) is 7.11 Å². The average molecular weight is 219 g/mol. The van der Waals surface area contributed by atoms with Crippen molar-refractivity contribution in [2.24, 2.45) is 0 Å². The van der Waals surface area contributed by atoms with Gasteiger partial charge in [0, 0.05) is 0 Å². The number of rotatable bonds is 2. The third kappa shape index (κ3) is 2.56. The van der Waals surface area contributed by atoms with Gasteiger partial charge in [0.15, 0.2) is 0 Å². The van der Waals surface area contributed by atoms with Crippen LogP contribution in [-0.2, 0) is 0 Å². The third-order valence-electron chi connectivity index (χ3n) is 3.47. The van der Waals surface area contributed by atoms with Gasteiger partial charge >= 0.3 is 0 Å². The summed E-state index contributed by atoms with van der Waals surface area (Å²) in [5.74, 6) is 1.72. The van der Waals surface area contributed by atoms with E-state index >= 15 is 0 Å². The Balaban J connectivity index is 2.16. The molecule has 1 aliphatic heterocycles. The van der Waals surface area contributed by atoms with E-state index in [4.69, 9.17) is 4.74 Å². The molecule has 1 unspecified atom stereocenters. The molecule has 2 heteroatoms. The molecule has 88 valence electrons. The molecule has 1 heterocycles. The Morgan fingerprint density at radius 3 is 2.88 bits per heavy atom. The first-order valence-corrected chi connectivity index (χ1v) is 6.16. The lowest BCUT2D eigenvalue weighted by atomic mass is 9.91. The van der Waals surface area contributed by atoms with E-state index < -0.39 is 0 Å². The minimum absolute atomic E-state index is 0.722. The molecule has 1 aromatic carbocycles. The van der Waals surface area contributed by atoms with Crippen LogP contribution in [0, 0.1) is 6.92 Å². The fourth-order valence-corrected chi connectivity index (χ4v) is 2.51. The number of ether oxygens (including phenoxy) is 1. The maximum absolute atomic E-state index is 5.30. The molecule has 1 aromatic rings. The van der Waals surface area contributed by atoms with Crippen LogP contribution in [0.2, 0.25) is 0 Å². The van der Waals surface area contributed by atoms with Crippen molar-refractivity contribution in [3.8, 4) is 5.75 Å². The maximum atomic E-state index is 5.30. The Hall–Kier alpha value is -1.02. The fraction of sp³-hybridized carbons (Fsp3) is 0.571.